The fourth-order valence-electron chi connectivity index (χ4n) is 4.19. The van der Waals surface area contributed by atoms with Gasteiger partial charge in [-0.3, -0.25) is 4.98 Å². The second-order valence-corrected chi connectivity index (χ2v) is 6.59. The third-order valence-electron chi connectivity index (χ3n) is 5.50. The summed E-state index contributed by atoms with van der Waals surface area (Å²) in [6, 6.07) is 9.99. The molecule has 124 valence electrons. The molecule has 3 rings (SSSR count). The van der Waals surface area contributed by atoms with E-state index in [1.165, 1.54) is 4.90 Å². The van der Waals surface area contributed by atoms with E-state index in [0.29, 0.717) is 0 Å². The maximum Gasteiger partial charge on any atom is 0.190 e. The van der Waals surface area contributed by atoms with E-state index in [-0.39, 0.29) is 11.6 Å². The van der Waals surface area contributed by atoms with Gasteiger partial charge in [0.15, 0.2) is 5.41 Å². The largest absolute Gasteiger partial charge is 0.331 e. The molecule has 6 nitrogen and oxygen atoms in total. The molecule has 0 bridgehead atoms. The van der Waals surface area contributed by atoms with Gasteiger partial charge in [0, 0.05) is 24.2 Å². The topological polar surface area (TPSA) is 113 Å². The molecular weight excluding hydrogens is 312 g/mol. The highest BCUT2D eigenvalue weighted by atomic mass is 15.1. The number of nitrogens with one attached hydrogen (secondary N) is 2. The van der Waals surface area contributed by atoms with Crippen LogP contribution in [0.4, 0.5) is 0 Å². The molecule has 0 saturated heterocycles. The van der Waals surface area contributed by atoms with Gasteiger partial charge < -0.3 is 10.3 Å². The molecular formula is C19H19N6+. The molecule has 0 amide bonds. The lowest BCUT2D eigenvalue weighted by Crippen LogP contribution is -3.13. The molecule has 6 heteroatoms. The van der Waals surface area contributed by atoms with Gasteiger partial charge in [0.1, 0.15) is 5.92 Å². The van der Waals surface area contributed by atoms with Crippen LogP contribution in [0.25, 0.3) is 0 Å². The monoisotopic (exact) mass is 331 g/mol. The van der Waals surface area contributed by atoms with E-state index in [1.54, 1.807) is 18.5 Å². The summed E-state index contributed by atoms with van der Waals surface area (Å²) in [6.07, 6.45) is 5.36. The van der Waals surface area contributed by atoms with Crippen molar-refractivity contribution in [1.82, 2.24) is 4.98 Å². The average molecular weight is 331 g/mol. The van der Waals surface area contributed by atoms with Crippen LogP contribution in [0, 0.1) is 56.7 Å². The molecule has 1 aliphatic carbocycles. The highest BCUT2D eigenvalue weighted by molar-refractivity contribution is 6.00. The van der Waals surface area contributed by atoms with Crippen LogP contribution in [0.1, 0.15) is 18.4 Å². The Bertz CT molecular complexity index is 821. The maximum atomic E-state index is 9.90. The van der Waals surface area contributed by atoms with Gasteiger partial charge in [-0.1, -0.05) is 6.07 Å². The van der Waals surface area contributed by atoms with E-state index < -0.39 is 17.3 Å². The van der Waals surface area contributed by atoms with Crippen LogP contribution in [0.15, 0.2) is 36.2 Å². The first-order valence-corrected chi connectivity index (χ1v) is 8.37. The standard InChI is InChI=1S/C19H18N6/c1-2-25-7-5-14-15(8-20)18(23)19(11-21,12-22)17(16(14)10-25)13-4-3-6-24-9-13/h3-6,9,15-17,23H,2,7,10H2,1H3/p+1/t15?,16-,17-/m0/s1. The van der Waals surface area contributed by atoms with Gasteiger partial charge in [-0.2, -0.15) is 15.8 Å². The lowest BCUT2D eigenvalue weighted by atomic mass is 9.54. The zero-order valence-electron chi connectivity index (χ0n) is 14.0. The molecule has 2 heterocycles. The summed E-state index contributed by atoms with van der Waals surface area (Å²) in [5.41, 5.74) is -0.0716. The number of pyridine rings is 1. The molecule has 0 spiro atoms. The predicted molar refractivity (Wildman–Crippen MR) is 90.3 cm³/mol. The number of hydrogen-bond donors (Lipinski definition) is 2. The minimum absolute atomic E-state index is 0.101. The van der Waals surface area contributed by atoms with Gasteiger partial charge in [0.2, 0.25) is 0 Å². The number of likely N-dealkylation sites (N-methyl/N-ethyl adjacent to an activating group) is 1. The summed E-state index contributed by atoms with van der Waals surface area (Å²) < 4.78 is 0. The van der Waals surface area contributed by atoms with E-state index in [0.717, 1.165) is 30.8 Å². The summed E-state index contributed by atoms with van der Waals surface area (Å²) in [6.45, 7) is 4.58. The molecule has 2 unspecified atom stereocenters. The minimum Gasteiger partial charge on any atom is -0.331 e. The molecule has 1 aliphatic heterocycles. The predicted octanol–water partition coefficient (Wildman–Crippen LogP) is 0.833. The summed E-state index contributed by atoms with van der Waals surface area (Å²) in [5, 5.41) is 37.9. The van der Waals surface area contributed by atoms with Gasteiger partial charge >= 0.3 is 0 Å². The second-order valence-electron chi connectivity index (χ2n) is 6.59. The summed E-state index contributed by atoms with van der Waals surface area (Å²) in [5.74, 6) is -1.40. The fraction of sp³-hybridized carbons (Fsp3) is 0.421. The van der Waals surface area contributed by atoms with E-state index in [9.17, 15) is 15.8 Å². The van der Waals surface area contributed by atoms with Crippen molar-refractivity contribution in [3.63, 3.8) is 0 Å². The van der Waals surface area contributed by atoms with E-state index in [2.05, 4.69) is 30.1 Å². The number of quaternary nitrogens is 1. The number of rotatable bonds is 2. The van der Waals surface area contributed by atoms with Crippen LogP contribution in [0.2, 0.25) is 0 Å². The smallest absolute Gasteiger partial charge is 0.190 e. The fourth-order valence-corrected chi connectivity index (χ4v) is 4.19. The van der Waals surface area contributed by atoms with Crippen LogP contribution < -0.4 is 4.90 Å². The van der Waals surface area contributed by atoms with Gasteiger partial charge in [-0.05, 0) is 30.2 Å². The number of nitriles is 3. The summed E-state index contributed by atoms with van der Waals surface area (Å²) >= 11 is 0. The van der Waals surface area contributed by atoms with Crippen molar-refractivity contribution in [2.45, 2.75) is 12.8 Å². The number of fused-ring (bicyclic) bond motifs is 1. The first-order chi connectivity index (χ1) is 12.1. The van der Waals surface area contributed by atoms with Crippen molar-refractivity contribution in [2.24, 2.45) is 17.3 Å². The quantitative estimate of drug-likeness (QED) is 0.782. The molecule has 2 N–H and O–H groups in total. The lowest BCUT2D eigenvalue weighted by molar-refractivity contribution is -0.897. The van der Waals surface area contributed by atoms with Crippen molar-refractivity contribution in [1.29, 1.82) is 21.2 Å². The normalized spacial score (nSPS) is 30.2. The van der Waals surface area contributed by atoms with Crippen LogP contribution in [-0.4, -0.2) is 30.3 Å². The number of nitrogens with zero attached hydrogens (tertiary/aromatic N) is 4. The Morgan fingerprint density at radius 1 is 1.36 bits per heavy atom. The Hall–Kier alpha value is -3.01. The van der Waals surface area contributed by atoms with Gasteiger partial charge in [-0.25, -0.2) is 0 Å². The lowest BCUT2D eigenvalue weighted by Gasteiger charge is -2.46. The third-order valence-corrected chi connectivity index (χ3v) is 5.50. The number of hydrogen-bond acceptors (Lipinski definition) is 5. The van der Waals surface area contributed by atoms with Crippen molar-refractivity contribution in [3.05, 3.63) is 41.7 Å². The van der Waals surface area contributed by atoms with Gasteiger partial charge in [0.05, 0.1) is 43.6 Å². The second kappa shape index (κ2) is 6.48. The molecule has 4 atom stereocenters. The molecule has 25 heavy (non-hydrogen) atoms. The zero-order chi connectivity index (χ0) is 18.0. The Balaban J connectivity index is 2.24. The van der Waals surface area contributed by atoms with Crippen LogP contribution in [0.5, 0.6) is 0 Å². The van der Waals surface area contributed by atoms with Crippen LogP contribution in [-0.2, 0) is 0 Å². The van der Waals surface area contributed by atoms with E-state index in [1.807, 2.05) is 12.1 Å². The van der Waals surface area contributed by atoms with E-state index >= 15 is 0 Å². The number of aromatic nitrogens is 1. The van der Waals surface area contributed by atoms with Crippen molar-refractivity contribution in [2.75, 3.05) is 19.6 Å². The zero-order valence-corrected chi connectivity index (χ0v) is 14.0. The SMILES string of the molecule is CC[NH+]1CC=C2C(C#N)C(=N)C(C#N)(C#N)[C@@H](c3cccnc3)[C@H]2C1. The first-order valence-electron chi connectivity index (χ1n) is 8.37. The van der Waals surface area contributed by atoms with Crippen molar-refractivity contribution >= 4 is 5.71 Å². The minimum atomic E-state index is -1.64. The molecule has 0 radical (unpaired) electrons. The first kappa shape index (κ1) is 16.8. The summed E-state index contributed by atoms with van der Waals surface area (Å²) in [4.78, 5) is 5.50. The maximum absolute atomic E-state index is 9.90. The Kier molecular flexibility index (Phi) is 4.36. The Labute approximate surface area is 147 Å². The Morgan fingerprint density at radius 3 is 2.68 bits per heavy atom. The highest BCUT2D eigenvalue weighted by Crippen LogP contribution is 2.52. The average Bonchev–Trinajstić information content (AvgIpc) is 2.67. The Morgan fingerprint density at radius 2 is 2.12 bits per heavy atom. The van der Waals surface area contributed by atoms with Crippen molar-refractivity contribution in [3.8, 4) is 18.2 Å². The molecule has 1 aromatic rings. The molecule has 1 saturated carbocycles. The van der Waals surface area contributed by atoms with Gasteiger partial charge in [0.25, 0.3) is 0 Å². The van der Waals surface area contributed by atoms with Crippen LogP contribution in [0.3, 0.4) is 0 Å². The van der Waals surface area contributed by atoms with Crippen molar-refractivity contribution < 1.29 is 4.90 Å². The molecule has 2 aliphatic rings. The molecule has 1 fully saturated rings. The summed E-state index contributed by atoms with van der Waals surface area (Å²) in [7, 11) is 0. The van der Waals surface area contributed by atoms with Crippen LogP contribution >= 0.6 is 0 Å². The third kappa shape index (κ3) is 2.41. The highest BCUT2D eigenvalue weighted by Gasteiger charge is 2.58. The molecule has 0 aromatic carbocycles. The van der Waals surface area contributed by atoms with E-state index in [4.69, 9.17) is 5.41 Å². The molecule has 1 aromatic heterocycles. The van der Waals surface area contributed by atoms with Gasteiger partial charge in [-0.15, -0.1) is 0 Å².